The molecule has 1 atom stereocenters. The van der Waals surface area contributed by atoms with Crippen LogP contribution in [0.3, 0.4) is 0 Å². The van der Waals surface area contributed by atoms with Crippen LogP contribution in [-0.4, -0.2) is 45.3 Å². The summed E-state index contributed by atoms with van der Waals surface area (Å²) in [4.78, 5) is 15.0. The van der Waals surface area contributed by atoms with Gasteiger partial charge in [0.2, 0.25) is 5.95 Å². The highest BCUT2D eigenvalue weighted by Gasteiger charge is 2.34. The second kappa shape index (κ2) is 7.53. The van der Waals surface area contributed by atoms with Gasteiger partial charge in [0.1, 0.15) is 0 Å². The lowest BCUT2D eigenvalue weighted by atomic mass is 9.76. The van der Waals surface area contributed by atoms with Gasteiger partial charge in [-0.15, -0.1) is 0 Å². The van der Waals surface area contributed by atoms with E-state index in [1.54, 1.807) is 6.20 Å². The first kappa shape index (κ1) is 17.1. The maximum absolute atomic E-state index is 14.2. The topological polar surface area (TPSA) is 74.2 Å². The Balaban J connectivity index is 1.52. The van der Waals surface area contributed by atoms with Gasteiger partial charge < -0.3 is 15.3 Å². The largest absolute Gasteiger partial charge is 0.393 e. The van der Waals surface area contributed by atoms with Gasteiger partial charge in [-0.05, 0) is 43.7 Å². The third-order valence-electron chi connectivity index (χ3n) is 5.32. The van der Waals surface area contributed by atoms with Crippen LogP contribution in [0.5, 0.6) is 0 Å². The fraction of sp³-hybridized carbons (Fsp3) is 0.526. The molecule has 0 bridgehead atoms. The highest BCUT2D eigenvalue weighted by atomic mass is 19.1. The first-order valence-corrected chi connectivity index (χ1v) is 9.31. The zero-order valence-electron chi connectivity index (χ0n) is 14.7. The molecule has 1 saturated carbocycles. The van der Waals surface area contributed by atoms with Gasteiger partial charge in [-0.3, -0.25) is 4.98 Å². The molecule has 2 aromatic rings. The van der Waals surface area contributed by atoms with Crippen LogP contribution >= 0.6 is 0 Å². The lowest BCUT2D eigenvalue weighted by Crippen LogP contribution is -2.42. The molecule has 4 rings (SSSR count). The van der Waals surface area contributed by atoms with Crippen LogP contribution in [0.15, 0.2) is 30.6 Å². The minimum Gasteiger partial charge on any atom is -0.393 e. The van der Waals surface area contributed by atoms with Crippen molar-refractivity contribution in [3.8, 4) is 0 Å². The van der Waals surface area contributed by atoms with Crippen LogP contribution in [0.4, 0.5) is 16.2 Å². The van der Waals surface area contributed by atoms with Crippen molar-refractivity contribution in [1.29, 1.82) is 0 Å². The summed E-state index contributed by atoms with van der Waals surface area (Å²) in [6, 6.07) is 5.91. The van der Waals surface area contributed by atoms with E-state index < -0.39 is 0 Å². The van der Waals surface area contributed by atoms with Crippen LogP contribution in [-0.2, 0) is 6.42 Å². The molecule has 1 saturated heterocycles. The Morgan fingerprint density at radius 3 is 2.73 bits per heavy atom. The van der Waals surface area contributed by atoms with E-state index in [1.165, 1.54) is 6.20 Å². The Kier molecular flexibility index (Phi) is 4.97. The number of hydrogen-bond donors (Lipinski definition) is 2. The summed E-state index contributed by atoms with van der Waals surface area (Å²) in [7, 11) is 0. The van der Waals surface area contributed by atoms with Gasteiger partial charge >= 0.3 is 0 Å². The van der Waals surface area contributed by atoms with Crippen molar-refractivity contribution in [3.63, 3.8) is 0 Å². The van der Waals surface area contributed by atoms with Gasteiger partial charge in [-0.1, -0.05) is 6.07 Å². The second-order valence-corrected chi connectivity index (χ2v) is 7.22. The molecule has 138 valence electrons. The van der Waals surface area contributed by atoms with Crippen molar-refractivity contribution >= 4 is 11.8 Å². The third-order valence-corrected chi connectivity index (χ3v) is 5.32. The fourth-order valence-electron chi connectivity index (χ4n) is 3.78. The highest BCUT2D eigenvalue weighted by molar-refractivity contribution is 5.45. The molecule has 0 amide bonds. The highest BCUT2D eigenvalue weighted by Crippen LogP contribution is 2.33. The molecule has 2 N–H and O–H groups in total. The SMILES string of the molecule is OC1CC(C(Cc2ccccn2)Nc2ncc(F)c(N3CCCC3)n2)C1. The van der Waals surface area contributed by atoms with Crippen LogP contribution < -0.4 is 10.2 Å². The zero-order valence-corrected chi connectivity index (χ0v) is 14.7. The summed E-state index contributed by atoms with van der Waals surface area (Å²) >= 11 is 0. The molecule has 3 heterocycles. The molecule has 1 aliphatic carbocycles. The molecular weight excluding hydrogens is 333 g/mol. The van der Waals surface area contributed by atoms with Gasteiger partial charge in [-0.2, -0.15) is 4.98 Å². The van der Waals surface area contributed by atoms with Crippen molar-refractivity contribution in [2.75, 3.05) is 23.3 Å². The maximum atomic E-state index is 14.2. The lowest BCUT2D eigenvalue weighted by Gasteiger charge is -2.38. The quantitative estimate of drug-likeness (QED) is 0.827. The number of halogens is 1. The van der Waals surface area contributed by atoms with Crippen molar-refractivity contribution in [1.82, 2.24) is 15.0 Å². The Bertz CT molecular complexity index is 732. The molecular formula is C19H24FN5O. The summed E-state index contributed by atoms with van der Waals surface area (Å²) in [5, 5.41) is 13.1. The monoisotopic (exact) mass is 357 g/mol. The zero-order chi connectivity index (χ0) is 17.9. The predicted molar refractivity (Wildman–Crippen MR) is 97.5 cm³/mol. The van der Waals surface area contributed by atoms with E-state index in [9.17, 15) is 9.50 Å². The molecule has 26 heavy (non-hydrogen) atoms. The molecule has 0 spiro atoms. The summed E-state index contributed by atoms with van der Waals surface area (Å²) < 4.78 is 14.2. The van der Waals surface area contributed by atoms with E-state index in [-0.39, 0.29) is 18.0 Å². The van der Waals surface area contributed by atoms with Gasteiger partial charge in [0.15, 0.2) is 11.6 Å². The molecule has 7 heteroatoms. The number of aliphatic hydroxyl groups excluding tert-OH is 1. The smallest absolute Gasteiger partial charge is 0.225 e. The number of hydrogen-bond acceptors (Lipinski definition) is 6. The maximum Gasteiger partial charge on any atom is 0.225 e. The molecule has 1 unspecified atom stereocenters. The van der Waals surface area contributed by atoms with Gasteiger partial charge in [0.25, 0.3) is 0 Å². The van der Waals surface area contributed by atoms with Gasteiger partial charge in [0, 0.05) is 37.4 Å². The second-order valence-electron chi connectivity index (χ2n) is 7.22. The number of aliphatic hydroxyl groups is 1. The third kappa shape index (κ3) is 3.77. The van der Waals surface area contributed by atoms with E-state index in [4.69, 9.17) is 0 Å². The molecule has 2 fully saturated rings. The Hall–Kier alpha value is -2.28. The Labute approximate surface area is 152 Å². The average molecular weight is 357 g/mol. The average Bonchev–Trinajstić information content (AvgIpc) is 3.15. The Morgan fingerprint density at radius 1 is 1.23 bits per heavy atom. The van der Waals surface area contributed by atoms with Crippen molar-refractivity contribution in [2.45, 2.75) is 44.2 Å². The van der Waals surface area contributed by atoms with Gasteiger partial charge in [0.05, 0.1) is 12.3 Å². The van der Waals surface area contributed by atoms with Crippen LogP contribution in [0.1, 0.15) is 31.4 Å². The van der Waals surface area contributed by atoms with E-state index in [2.05, 4.69) is 20.3 Å². The standard InChI is InChI=1S/C19H24FN5O/c20-16-12-22-19(24-18(16)25-7-3-4-8-25)23-17(13-9-15(26)10-13)11-14-5-1-2-6-21-14/h1-2,5-6,12-13,15,17,26H,3-4,7-11H2,(H,22,23,24). The number of nitrogens with one attached hydrogen (secondary N) is 1. The molecule has 2 aromatic heterocycles. The first-order chi connectivity index (χ1) is 12.7. The molecule has 0 radical (unpaired) electrons. The van der Waals surface area contributed by atoms with Crippen molar-refractivity contribution in [3.05, 3.63) is 42.1 Å². The fourth-order valence-corrected chi connectivity index (χ4v) is 3.78. The molecule has 0 aromatic carbocycles. The van der Waals surface area contributed by atoms with Gasteiger partial charge in [-0.25, -0.2) is 9.37 Å². The predicted octanol–water partition coefficient (Wildman–Crippen LogP) is 2.41. The van der Waals surface area contributed by atoms with Crippen molar-refractivity contribution < 1.29 is 9.50 Å². The summed E-state index contributed by atoms with van der Waals surface area (Å²) in [6.45, 7) is 1.67. The van der Waals surface area contributed by atoms with Crippen LogP contribution in [0.25, 0.3) is 0 Å². The van der Waals surface area contributed by atoms with Crippen LogP contribution in [0.2, 0.25) is 0 Å². The minimum atomic E-state index is -0.377. The summed E-state index contributed by atoms with van der Waals surface area (Å²) in [6.07, 6.45) is 7.15. The minimum absolute atomic E-state index is 0.0604. The molecule has 6 nitrogen and oxygen atoms in total. The van der Waals surface area contributed by atoms with E-state index >= 15 is 0 Å². The lowest BCUT2D eigenvalue weighted by molar-refractivity contribution is 0.0340. The van der Waals surface area contributed by atoms with E-state index in [0.717, 1.165) is 50.9 Å². The molecule has 1 aliphatic heterocycles. The normalized spacial score (nSPS) is 23.5. The van der Waals surface area contributed by atoms with Crippen LogP contribution in [0, 0.1) is 11.7 Å². The van der Waals surface area contributed by atoms with Crippen molar-refractivity contribution in [2.24, 2.45) is 5.92 Å². The van der Waals surface area contributed by atoms with E-state index in [1.807, 2.05) is 23.1 Å². The summed E-state index contributed by atoms with van der Waals surface area (Å²) in [5.74, 6) is 0.773. The summed E-state index contributed by atoms with van der Waals surface area (Å²) in [5.41, 5.74) is 0.980. The first-order valence-electron chi connectivity index (χ1n) is 9.31. The molecule has 2 aliphatic rings. The number of nitrogens with zero attached hydrogens (tertiary/aromatic N) is 4. The Morgan fingerprint density at radius 2 is 2.04 bits per heavy atom. The van der Waals surface area contributed by atoms with E-state index in [0.29, 0.717) is 17.7 Å². The number of aromatic nitrogens is 3. The number of anilines is 2. The number of rotatable bonds is 6. The number of pyridine rings is 1.